The van der Waals surface area contributed by atoms with E-state index >= 15 is 0 Å². The molecule has 0 aliphatic carbocycles. The summed E-state index contributed by atoms with van der Waals surface area (Å²) < 4.78 is 0. The van der Waals surface area contributed by atoms with Crippen LogP contribution >= 0.6 is 11.8 Å². The van der Waals surface area contributed by atoms with E-state index in [-0.39, 0.29) is 11.2 Å². The molecule has 1 aliphatic rings. The molecule has 0 aromatic heterocycles. The molecular formula is C11H17NOS. The van der Waals surface area contributed by atoms with Gasteiger partial charge in [0.15, 0.2) is 0 Å². The highest BCUT2D eigenvalue weighted by atomic mass is 32.2. The Morgan fingerprint density at radius 3 is 3.00 bits per heavy atom. The molecule has 1 unspecified atom stereocenters. The van der Waals surface area contributed by atoms with Gasteiger partial charge < -0.3 is 4.90 Å². The molecule has 1 rings (SSSR count). The van der Waals surface area contributed by atoms with Gasteiger partial charge in [0.2, 0.25) is 5.91 Å². The Bertz CT molecular complexity index is 228. The molecule has 14 heavy (non-hydrogen) atoms. The van der Waals surface area contributed by atoms with Crippen LogP contribution in [0.4, 0.5) is 0 Å². The second-order valence-electron chi connectivity index (χ2n) is 3.47. The molecule has 0 saturated carbocycles. The highest BCUT2D eigenvalue weighted by molar-refractivity contribution is 8.00. The third-order valence-electron chi connectivity index (χ3n) is 2.29. The van der Waals surface area contributed by atoms with Crippen molar-refractivity contribution in [2.24, 2.45) is 0 Å². The van der Waals surface area contributed by atoms with Crippen LogP contribution < -0.4 is 0 Å². The summed E-state index contributed by atoms with van der Waals surface area (Å²) in [5, 5.41) is 0.176. The van der Waals surface area contributed by atoms with Crippen LogP contribution in [0.15, 0.2) is 0 Å². The predicted molar refractivity (Wildman–Crippen MR) is 61.2 cm³/mol. The van der Waals surface area contributed by atoms with E-state index in [1.165, 1.54) is 0 Å². The Labute approximate surface area is 90.4 Å². The van der Waals surface area contributed by atoms with Gasteiger partial charge in [-0.2, -0.15) is 0 Å². The summed E-state index contributed by atoms with van der Waals surface area (Å²) in [6.45, 7) is 3.32. The number of hydrogen-bond acceptors (Lipinski definition) is 2. The van der Waals surface area contributed by atoms with Crippen molar-refractivity contribution in [1.82, 2.24) is 4.90 Å². The minimum absolute atomic E-state index is 0.176. The average Bonchev–Trinajstić information content (AvgIpc) is 2.69. The molecule has 2 nitrogen and oxygen atoms in total. The summed E-state index contributed by atoms with van der Waals surface area (Å²) in [4.78, 5) is 13.7. The normalized spacial score (nSPS) is 20.4. The number of thioether (sulfide) groups is 1. The Kier molecular flexibility index (Phi) is 4.89. The average molecular weight is 211 g/mol. The molecule has 0 spiro atoms. The minimum atomic E-state index is 0.176. The van der Waals surface area contributed by atoms with E-state index in [2.05, 4.69) is 12.8 Å². The molecule has 0 radical (unpaired) electrons. The summed E-state index contributed by atoms with van der Waals surface area (Å²) in [7, 11) is 0. The third kappa shape index (κ3) is 2.95. The maximum Gasteiger partial charge on any atom is 0.236 e. The van der Waals surface area contributed by atoms with Crippen LogP contribution in [0, 0.1) is 12.3 Å². The summed E-state index contributed by atoms with van der Waals surface area (Å²) in [6.07, 6.45) is 8.41. The van der Waals surface area contributed by atoms with Crippen molar-refractivity contribution in [3.8, 4) is 12.3 Å². The molecule has 0 aromatic rings. The van der Waals surface area contributed by atoms with Crippen molar-refractivity contribution in [1.29, 1.82) is 0 Å². The minimum Gasteiger partial charge on any atom is -0.331 e. The lowest BCUT2D eigenvalue weighted by atomic mass is 10.2. The Morgan fingerprint density at radius 1 is 1.71 bits per heavy atom. The first-order chi connectivity index (χ1) is 6.79. The van der Waals surface area contributed by atoms with Crippen molar-refractivity contribution in [2.75, 3.05) is 18.8 Å². The van der Waals surface area contributed by atoms with E-state index in [4.69, 9.17) is 6.42 Å². The van der Waals surface area contributed by atoms with Gasteiger partial charge in [0.1, 0.15) is 0 Å². The molecule has 78 valence electrons. The second-order valence-corrected chi connectivity index (χ2v) is 4.78. The first-order valence-corrected chi connectivity index (χ1v) is 6.18. The quantitative estimate of drug-likeness (QED) is 0.660. The van der Waals surface area contributed by atoms with E-state index in [9.17, 15) is 4.79 Å². The van der Waals surface area contributed by atoms with E-state index in [0.717, 1.165) is 31.6 Å². The first-order valence-electron chi connectivity index (χ1n) is 5.13. The van der Waals surface area contributed by atoms with Crippen LogP contribution in [0.1, 0.15) is 26.2 Å². The first kappa shape index (κ1) is 11.5. The summed E-state index contributed by atoms with van der Waals surface area (Å²) in [5.74, 6) is 3.91. The number of hydrogen-bond donors (Lipinski definition) is 0. The van der Waals surface area contributed by atoms with Gasteiger partial charge in [-0.15, -0.1) is 18.2 Å². The molecule has 3 heteroatoms. The fourth-order valence-electron chi connectivity index (χ4n) is 1.62. The number of carbonyl (C=O) groups excluding carboxylic acids is 1. The van der Waals surface area contributed by atoms with Gasteiger partial charge in [-0.05, 0) is 25.0 Å². The fraction of sp³-hybridized carbons (Fsp3) is 0.727. The van der Waals surface area contributed by atoms with E-state index in [1.807, 2.05) is 4.90 Å². The van der Waals surface area contributed by atoms with Crippen LogP contribution in [-0.4, -0.2) is 34.9 Å². The van der Waals surface area contributed by atoms with Crippen molar-refractivity contribution in [3.05, 3.63) is 0 Å². The number of terminal acetylenes is 1. The zero-order valence-corrected chi connectivity index (χ0v) is 9.48. The van der Waals surface area contributed by atoms with Crippen molar-refractivity contribution >= 4 is 17.7 Å². The van der Waals surface area contributed by atoms with Crippen LogP contribution in [-0.2, 0) is 4.79 Å². The van der Waals surface area contributed by atoms with E-state index in [0.29, 0.717) is 6.54 Å². The number of carbonyl (C=O) groups is 1. The smallest absolute Gasteiger partial charge is 0.236 e. The number of nitrogens with zero attached hydrogens (tertiary/aromatic N) is 1. The van der Waals surface area contributed by atoms with Crippen molar-refractivity contribution in [2.45, 2.75) is 31.4 Å². The Hall–Kier alpha value is -0.620. The molecule has 1 saturated heterocycles. The monoisotopic (exact) mass is 211 g/mol. The van der Waals surface area contributed by atoms with E-state index in [1.54, 1.807) is 11.8 Å². The summed E-state index contributed by atoms with van der Waals surface area (Å²) >= 11 is 1.77. The van der Waals surface area contributed by atoms with Crippen molar-refractivity contribution < 1.29 is 4.79 Å². The Balaban J connectivity index is 2.49. The molecule has 1 aliphatic heterocycles. The van der Waals surface area contributed by atoms with Gasteiger partial charge >= 0.3 is 0 Å². The maximum atomic E-state index is 11.9. The molecule has 1 heterocycles. The zero-order chi connectivity index (χ0) is 10.4. The number of amides is 1. The van der Waals surface area contributed by atoms with Gasteiger partial charge in [0.25, 0.3) is 0 Å². The standard InChI is InChI=1S/C11H17NOS/c1-3-7-12(8-4-2)11(13)10-6-5-9-14-10/h1,10H,4-9H2,2H3. The summed E-state index contributed by atoms with van der Waals surface area (Å²) in [5.41, 5.74) is 0. The number of rotatable bonds is 4. The largest absolute Gasteiger partial charge is 0.331 e. The molecule has 0 aromatic carbocycles. The highest BCUT2D eigenvalue weighted by Gasteiger charge is 2.26. The Morgan fingerprint density at radius 2 is 2.50 bits per heavy atom. The second kappa shape index (κ2) is 5.98. The van der Waals surface area contributed by atoms with Gasteiger partial charge in [-0.25, -0.2) is 0 Å². The highest BCUT2D eigenvalue weighted by Crippen LogP contribution is 2.27. The van der Waals surface area contributed by atoms with Gasteiger partial charge in [-0.3, -0.25) is 4.79 Å². The molecule has 1 atom stereocenters. The maximum absolute atomic E-state index is 11.9. The SMILES string of the molecule is C#CCN(CCC)C(=O)C1CCCS1. The van der Waals surface area contributed by atoms with Gasteiger partial charge in [-0.1, -0.05) is 12.8 Å². The fourth-order valence-corrected chi connectivity index (χ4v) is 2.87. The van der Waals surface area contributed by atoms with Crippen molar-refractivity contribution in [3.63, 3.8) is 0 Å². The molecular weight excluding hydrogens is 194 g/mol. The summed E-state index contributed by atoms with van der Waals surface area (Å²) in [6, 6.07) is 0. The molecule has 1 amide bonds. The van der Waals surface area contributed by atoms with Gasteiger partial charge in [0, 0.05) is 6.54 Å². The van der Waals surface area contributed by atoms with Gasteiger partial charge in [0.05, 0.1) is 11.8 Å². The topological polar surface area (TPSA) is 20.3 Å². The van der Waals surface area contributed by atoms with Crippen LogP contribution in [0.3, 0.4) is 0 Å². The molecule has 0 N–H and O–H groups in total. The molecule has 0 bridgehead atoms. The predicted octanol–water partition coefficient (Wildman–Crippen LogP) is 1.75. The van der Waals surface area contributed by atoms with Crippen LogP contribution in [0.5, 0.6) is 0 Å². The van der Waals surface area contributed by atoms with Crippen LogP contribution in [0.25, 0.3) is 0 Å². The molecule has 1 fully saturated rings. The lowest BCUT2D eigenvalue weighted by Gasteiger charge is -2.22. The van der Waals surface area contributed by atoms with Crippen LogP contribution in [0.2, 0.25) is 0 Å². The lowest BCUT2D eigenvalue weighted by Crippen LogP contribution is -2.37. The third-order valence-corrected chi connectivity index (χ3v) is 3.66. The lowest BCUT2D eigenvalue weighted by molar-refractivity contribution is -0.130. The van der Waals surface area contributed by atoms with E-state index < -0.39 is 0 Å². The zero-order valence-electron chi connectivity index (χ0n) is 8.66.